The van der Waals surface area contributed by atoms with Gasteiger partial charge >= 0.3 is 0 Å². The Morgan fingerprint density at radius 2 is 1.68 bits per heavy atom. The molecule has 0 spiro atoms. The van der Waals surface area contributed by atoms with Gasteiger partial charge in [0.25, 0.3) is 0 Å². The maximum Gasteiger partial charge on any atom is 0.242 e. The summed E-state index contributed by atoms with van der Waals surface area (Å²) in [5, 5.41) is 6.02. The number of hydrogen-bond acceptors (Lipinski definition) is 3. The van der Waals surface area contributed by atoms with Gasteiger partial charge in [0.05, 0.1) is 6.54 Å². The van der Waals surface area contributed by atoms with Crippen LogP contribution in [0.25, 0.3) is 0 Å². The largest absolute Gasteiger partial charge is 0.352 e. The third-order valence-corrected chi connectivity index (χ3v) is 4.06. The molecule has 5 heteroatoms. The molecule has 0 saturated heterocycles. The van der Waals surface area contributed by atoms with Gasteiger partial charge in [-0.25, -0.2) is 0 Å². The Morgan fingerprint density at radius 1 is 1.09 bits per heavy atom. The summed E-state index contributed by atoms with van der Waals surface area (Å²) in [5.41, 5.74) is 0.919. The molecule has 0 aromatic heterocycles. The van der Waals surface area contributed by atoms with E-state index < -0.39 is 6.04 Å². The van der Waals surface area contributed by atoms with E-state index in [9.17, 15) is 9.59 Å². The maximum atomic E-state index is 12.6. The van der Waals surface area contributed by atoms with Gasteiger partial charge in [-0.15, -0.1) is 0 Å². The molecule has 3 rings (SSSR count). The van der Waals surface area contributed by atoms with E-state index in [1.807, 2.05) is 42.3 Å². The molecule has 2 aliphatic carbocycles. The molecule has 2 fully saturated rings. The highest BCUT2D eigenvalue weighted by Gasteiger charge is 2.32. The molecule has 118 valence electrons. The van der Waals surface area contributed by atoms with Crippen LogP contribution in [0.5, 0.6) is 0 Å². The smallest absolute Gasteiger partial charge is 0.242 e. The molecule has 1 aromatic carbocycles. The Kier molecular flexibility index (Phi) is 4.43. The summed E-state index contributed by atoms with van der Waals surface area (Å²) >= 11 is 0. The predicted molar refractivity (Wildman–Crippen MR) is 84.1 cm³/mol. The van der Waals surface area contributed by atoms with Gasteiger partial charge in [-0.3, -0.25) is 14.5 Å². The molecule has 0 aliphatic heterocycles. The molecule has 5 nitrogen and oxygen atoms in total. The van der Waals surface area contributed by atoms with Crippen LogP contribution in [0.3, 0.4) is 0 Å². The standard InChI is InChI=1S/C17H23N3O2/c1-20(11-15(21)18-13-7-8-13)16(12-5-3-2-4-6-12)17(22)19-14-9-10-14/h2-6,13-14,16H,7-11H2,1H3,(H,18,21)(H,19,22)/t16-/m0/s1. The van der Waals surface area contributed by atoms with Crippen molar-refractivity contribution in [3.05, 3.63) is 35.9 Å². The van der Waals surface area contributed by atoms with Crippen LogP contribution in [0.4, 0.5) is 0 Å². The molecule has 22 heavy (non-hydrogen) atoms. The number of nitrogens with one attached hydrogen (secondary N) is 2. The molecule has 2 aliphatic rings. The minimum atomic E-state index is -0.424. The van der Waals surface area contributed by atoms with Gasteiger partial charge in [0.2, 0.25) is 11.8 Å². The average Bonchev–Trinajstić information content (AvgIpc) is 3.37. The van der Waals surface area contributed by atoms with Crippen LogP contribution in [-0.4, -0.2) is 42.4 Å². The van der Waals surface area contributed by atoms with Crippen LogP contribution in [0.2, 0.25) is 0 Å². The fourth-order valence-corrected chi connectivity index (χ4v) is 2.57. The van der Waals surface area contributed by atoms with Gasteiger partial charge in [0.1, 0.15) is 6.04 Å². The number of carbonyl (C=O) groups excluding carboxylic acids is 2. The molecule has 2 saturated carbocycles. The molecule has 2 amide bonds. The Balaban J connectivity index is 1.68. The number of nitrogens with zero attached hydrogens (tertiary/aromatic N) is 1. The Labute approximate surface area is 131 Å². The number of benzene rings is 1. The zero-order valence-corrected chi connectivity index (χ0v) is 12.9. The van der Waals surface area contributed by atoms with E-state index in [2.05, 4.69) is 10.6 Å². The highest BCUT2D eigenvalue weighted by atomic mass is 16.2. The molecule has 0 heterocycles. The van der Waals surface area contributed by atoms with Crippen molar-refractivity contribution >= 4 is 11.8 Å². The van der Waals surface area contributed by atoms with Crippen molar-refractivity contribution < 1.29 is 9.59 Å². The number of amides is 2. The molecule has 2 N–H and O–H groups in total. The van der Waals surface area contributed by atoms with E-state index >= 15 is 0 Å². The molecule has 0 bridgehead atoms. The Hall–Kier alpha value is -1.88. The van der Waals surface area contributed by atoms with E-state index in [0.29, 0.717) is 12.1 Å². The topological polar surface area (TPSA) is 61.4 Å². The van der Waals surface area contributed by atoms with Crippen LogP contribution in [-0.2, 0) is 9.59 Å². The fraction of sp³-hybridized carbons (Fsp3) is 0.529. The molecule has 0 radical (unpaired) electrons. The minimum Gasteiger partial charge on any atom is -0.352 e. The number of likely N-dealkylation sites (N-methyl/N-ethyl adjacent to an activating group) is 1. The Morgan fingerprint density at radius 3 is 2.27 bits per heavy atom. The molecule has 1 aromatic rings. The maximum absolute atomic E-state index is 12.6. The first-order valence-corrected chi connectivity index (χ1v) is 7.98. The van der Waals surface area contributed by atoms with Crippen molar-refractivity contribution in [2.75, 3.05) is 13.6 Å². The van der Waals surface area contributed by atoms with E-state index in [1.165, 1.54) is 0 Å². The van der Waals surface area contributed by atoms with Crippen molar-refractivity contribution in [1.29, 1.82) is 0 Å². The van der Waals surface area contributed by atoms with E-state index in [1.54, 1.807) is 0 Å². The number of hydrogen-bond donors (Lipinski definition) is 2. The quantitative estimate of drug-likeness (QED) is 0.796. The second-order valence-corrected chi connectivity index (χ2v) is 6.35. The first kappa shape index (κ1) is 15.0. The minimum absolute atomic E-state index is 0.00912. The predicted octanol–water partition coefficient (Wildman–Crippen LogP) is 1.22. The summed E-state index contributed by atoms with van der Waals surface area (Å²) in [5.74, 6) is -0.0272. The molecular weight excluding hydrogens is 278 g/mol. The molecule has 0 unspecified atom stereocenters. The van der Waals surface area contributed by atoms with Crippen LogP contribution >= 0.6 is 0 Å². The zero-order chi connectivity index (χ0) is 15.5. The van der Waals surface area contributed by atoms with Crippen molar-refractivity contribution in [3.8, 4) is 0 Å². The van der Waals surface area contributed by atoms with Crippen molar-refractivity contribution in [2.24, 2.45) is 0 Å². The molecular formula is C17H23N3O2. The van der Waals surface area contributed by atoms with E-state index in [0.717, 1.165) is 31.2 Å². The van der Waals surface area contributed by atoms with Gasteiger partial charge in [-0.05, 0) is 38.3 Å². The summed E-state index contributed by atoms with van der Waals surface area (Å²) in [6, 6.07) is 9.88. The van der Waals surface area contributed by atoms with E-state index in [-0.39, 0.29) is 18.4 Å². The van der Waals surface area contributed by atoms with Crippen LogP contribution in [0.15, 0.2) is 30.3 Å². The van der Waals surface area contributed by atoms with Gasteiger partial charge in [0, 0.05) is 12.1 Å². The van der Waals surface area contributed by atoms with Gasteiger partial charge in [-0.1, -0.05) is 30.3 Å². The van der Waals surface area contributed by atoms with Gasteiger partial charge < -0.3 is 10.6 Å². The second-order valence-electron chi connectivity index (χ2n) is 6.35. The van der Waals surface area contributed by atoms with Crippen molar-refractivity contribution in [3.63, 3.8) is 0 Å². The third kappa shape index (κ3) is 4.07. The summed E-state index contributed by atoms with van der Waals surface area (Å²) < 4.78 is 0. The van der Waals surface area contributed by atoms with Crippen molar-refractivity contribution in [2.45, 2.75) is 43.8 Å². The zero-order valence-electron chi connectivity index (χ0n) is 12.9. The lowest BCUT2D eigenvalue weighted by Crippen LogP contribution is -2.44. The normalized spacial score (nSPS) is 18.8. The monoisotopic (exact) mass is 301 g/mol. The Bertz CT molecular complexity index is 538. The summed E-state index contributed by atoms with van der Waals surface area (Å²) in [6.45, 7) is 0.230. The van der Waals surface area contributed by atoms with Crippen LogP contribution in [0, 0.1) is 0 Å². The fourth-order valence-electron chi connectivity index (χ4n) is 2.57. The average molecular weight is 301 g/mol. The highest BCUT2D eigenvalue weighted by molar-refractivity contribution is 5.85. The first-order valence-electron chi connectivity index (χ1n) is 7.98. The molecule has 1 atom stereocenters. The van der Waals surface area contributed by atoms with E-state index in [4.69, 9.17) is 0 Å². The SMILES string of the molecule is CN(CC(=O)NC1CC1)[C@H](C(=O)NC1CC1)c1ccccc1. The van der Waals surface area contributed by atoms with Crippen LogP contribution < -0.4 is 10.6 Å². The number of carbonyl (C=O) groups is 2. The lowest BCUT2D eigenvalue weighted by atomic mass is 10.0. The summed E-state index contributed by atoms with van der Waals surface area (Å²) in [6.07, 6.45) is 4.25. The van der Waals surface area contributed by atoms with Crippen molar-refractivity contribution in [1.82, 2.24) is 15.5 Å². The van der Waals surface area contributed by atoms with Gasteiger partial charge in [-0.2, -0.15) is 0 Å². The third-order valence-electron chi connectivity index (χ3n) is 4.06. The highest BCUT2D eigenvalue weighted by Crippen LogP contribution is 2.24. The lowest BCUT2D eigenvalue weighted by Gasteiger charge is -2.27. The first-order chi connectivity index (χ1) is 10.6. The van der Waals surface area contributed by atoms with Gasteiger partial charge in [0.15, 0.2) is 0 Å². The van der Waals surface area contributed by atoms with Crippen LogP contribution in [0.1, 0.15) is 37.3 Å². The second kappa shape index (κ2) is 6.48. The summed E-state index contributed by atoms with van der Waals surface area (Å²) in [4.78, 5) is 26.4. The summed E-state index contributed by atoms with van der Waals surface area (Å²) in [7, 11) is 1.83. The number of rotatable bonds is 7. The lowest BCUT2D eigenvalue weighted by molar-refractivity contribution is -0.128.